The lowest BCUT2D eigenvalue weighted by molar-refractivity contribution is 0.0697. The van der Waals surface area contributed by atoms with Crippen LogP contribution in [0, 0.1) is 0 Å². The van der Waals surface area contributed by atoms with Crippen molar-refractivity contribution < 1.29 is 24.0 Å². The second-order valence-electron chi connectivity index (χ2n) is 5.82. The number of benzene rings is 2. The number of rotatable bonds is 4. The Kier molecular flexibility index (Phi) is 3.89. The van der Waals surface area contributed by atoms with E-state index < -0.39 is 12.1 Å². The first-order chi connectivity index (χ1) is 12.6. The molecule has 4 rings (SSSR count). The average molecular weight is 350 g/mol. The van der Waals surface area contributed by atoms with Crippen molar-refractivity contribution in [2.45, 2.75) is 5.92 Å². The standard InChI is InChI=1S/C19H14N2O5/c22-18(23)15-9-20-26-17(15)21-19(24)25-10-16-13-7-3-1-5-11(13)12-6-2-4-8-14(12)16/h1-9,16H,10H2,(H,21,24)(H,22,23). The predicted octanol–water partition coefficient (Wildman–Crippen LogP) is 3.73. The highest BCUT2D eigenvalue weighted by molar-refractivity contribution is 5.96. The van der Waals surface area contributed by atoms with Gasteiger partial charge >= 0.3 is 12.1 Å². The van der Waals surface area contributed by atoms with Gasteiger partial charge in [-0.3, -0.25) is 5.32 Å². The molecular weight excluding hydrogens is 336 g/mol. The Morgan fingerprint density at radius 3 is 2.31 bits per heavy atom. The molecule has 0 bridgehead atoms. The first-order valence-electron chi connectivity index (χ1n) is 7.95. The fraction of sp³-hybridized carbons (Fsp3) is 0.105. The molecule has 7 nitrogen and oxygen atoms in total. The Bertz CT molecular complexity index is 949. The zero-order valence-electron chi connectivity index (χ0n) is 13.5. The lowest BCUT2D eigenvalue weighted by Gasteiger charge is -2.14. The number of carboxylic acids is 1. The minimum Gasteiger partial charge on any atom is -0.477 e. The van der Waals surface area contributed by atoms with Crippen LogP contribution in [-0.2, 0) is 4.74 Å². The number of hydrogen-bond acceptors (Lipinski definition) is 5. The van der Waals surface area contributed by atoms with Gasteiger partial charge in [-0.25, -0.2) is 9.59 Å². The van der Waals surface area contributed by atoms with Crippen LogP contribution >= 0.6 is 0 Å². The molecule has 0 atom stereocenters. The summed E-state index contributed by atoms with van der Waals surface area (Å²) in [6.07, 6.45) is 0.215. The molecule has 1 aliphatic rings. The van der Waals surface area contributed by atoms with E-state index in [0.29, 0.717) is 0 Å². The molecule has 1 aromatic heterocycles. The number of amides is 1. The van der Waals surface area contributed by atoms with Crippen LogP contribution in [0.4, 0.5) is 10.7 Å². The highest BCUT2D eigenvalue weighted by Crippen LogP contribution is 2.44. The van der Waals surface area contributed by atoms with Crippen LogP contribution in [0.2, 0.25) is 0 Å². The Balaban J connectivity index is 1.50. The van der Waals surface area contributed by atoms with Crippen molar-refractivity contribution in [3.8, 4) is 11.1 Å². The van der Waals surface area contributed by atoms with E-state index >= 15 is 0 Å². The van der Waals surface area contributed by atoms with Gasteiger partial charge in [0, 0.05) is 5.92 Å². The smallest absolute Gasteiger partial charge is 0.414 e. The molecule has 1 amide bonds. The van der Waals surface area contributed by atoms with Crippen LogP contribution in [0.25, 0.3) is 11.1 Å². The van der Waals surface area contributed by atoms with Crippen molar-refractivity contribution in [3.05, 3.63) is 71.4 Å². The molecule has 130 valence electrons. The van der Waals surface area contributed by atoms with E-state index in [0.717, 1.165) is 28.5 Å². The molecule has 0 radical (unpaired) electrons. The van der Waals surface area contributed by atoms with Gasteiger partial charge in [0.1, 0.15) is 12.2 Å². The van der Waals surface area contributed by atoms with Gasteiger partial charge in [-0.2, -0.15) is 0 Å². The normalized spacial score (nSPS) is 12.3. The van der Waals surface area contributed by atoms with Gasteiger partial charge in [-0.1, -0.05) is 53.7 Å². The molecule has 1 heterocycles. The topological polar surface area (TPSA) is 102 Å². The highest BCUT2D eigenvalue weighted by atomic mass is 16.6. The highest BCUT2D eigenvalue weighted by Gasteiger charge is 2.29. The third kappa shape index (κ3) is 2.69. The first-order valence-corrected chi connectivity index (χ1v) is 7.95. The van der Waals surface area contributed by atoms with E-state index in [1.807, 2.05) is 48.5 Å². The molecule has 2 N–H and O–H groups in total. The van der Waals surface area contributed by atoms with Crippen molar-refractivity contribution in [1.82, 2.24) is 5.16 Å². The SMILES string of the molecule is O=C(Nc1oncc1C(=O)O)OCC1c2ccccc2-c2ccccc21. The van der Waals surface area contributed by atoms with Crippen molar-refractivity contribution >= 4 is 17.9 Å². The van der Waals surface area contributed by atoms with E-state index in [1.165, 1.54) is 0 Å². The largest absolute Gasteiger partial charge is 0.477 e. The molecule has 0 spiro atoms. The number of aromatic nitrogens is 1. The maximum atomic E-state index is 12.1. The zero-order chi connectivity index (χ0) is 18.1. The van der Waals surface area contributed by atoms with Crippen molar-refractivity contribution in [2.24, 2.45) is 0 Å². The minimum atomic E-state index is -1.25. The maximum Gasteiger partial charge on any atom is 0.414 e. The molecule has 3 aromatic rings. The van der Waals surface area contributed by atoms with Crippen LogP contribution in [0.15, 0.2) is 59.3 Å². The molecule has 0 saturated heterocycles. The lowest BCUT2D eigenvalue weighted by Crippen LogP contribution is -2.18. The summed E-state index contributed by atoms with van der Waals surface area (Å²) in [5.41, 5.74) is 4.19. The van der Waals surface area contributed by atoms with Crippen LogP contribution in [0.5, 0.6) is 0 Å². The number of nitrogens with zero attached hydrogens (tertiary/aromatic N) is 1. The summed E-state index contributed by atoms with van der Waals surface area (Å²) in [7, 11) is 0. The number of aromatic carboxylic acids is 1. The second kappa shape index (κ2) is 6.36. The quantitative estimate of drug-likeness (QED) is 0.743. The van der Waals surface area contributed by atoms with E-state index in [2.05, 4.69) is 10.5 Å². The molecule has 0 unspecified atom stereocenters. The number of carboxylic acid groups (broad SMARTS) is 1. The van der Waals surface area contributed by atoms with E-state index in [-0.39, 0.29) is 24.0 Å². The molecule has 0 fully saturated rings. The number of ether oxygens (including phenoxy) is 1. The summed E-state index contributed by atoms with van der Waals surface area (Å²) in [6.45, 7) is 0.121. The first kappa shape index (κ1) is 15.9. The van der Waals surface area contributed by atoms with E-state index in [9.17, 15) is 9.59 Å². The number of carbonyl (C=O) groups excluding carboxylic acids is 1. The number of fused-ring (bicyclic) bond motifs is 3. The third-order valence-electron chi connectivity index (χ3n) is 4.36. The lowest BCUT2D eigenvalue weighted by atomic mass is 9.98. The van der Waals surface area contributed by atoms with Crippen molar-refractivity contribution in [3.63, 3.8) is 0 Å². The number of hydrogen-bond donors (Lipinski definition) is 2. The molecule has 1 aliphatic carbocycles. The van der Waals surface area contributed by atoms with Crippen LogP contribution in [-0.4, -0.2) is 28.9 Å². The summed E-state index contributed by atoms with van der Waals surface area (Å²) in [5, 5.41) is 14.6. The van der Waals surface area contributed by atoms with Gasteiger partial charge in [0.25, 0.3) is 0 Å². The van der Waals surface area contributed by atoms with Crippen LogP contribution in [0.3, 0.4) is 0 Å². The van der Waals surface area contributed by atoms with Gasteiger partial charge in [0.2, 0.25) is 5.88 Å². The summed E-state index contributed by atoms with van der Waals surface area (Å²) >= 11 is 0. The third-order valence-corrected chi connectivity index (χ3v) is 4.36. The van der Waals surface area contributed by atoms with Crippen LogP contribution < -0.4 is 5.32 Å². The number of nitrogens with one attached hydrogen (secondary N) is 1. The second-order valence-corrected chi connectivity index (χ2v) is 5.82. The van der Waals surface area contributed by atoms with Gasteiger partial charge in [0.15, 0.2) is 0 Å². The minimum absolute atomic E-state index is 0.0816. The van der Waals surface area contributed by atoms with Crippen molar-refractivity contribution in [2.75, 3.05) is 11.9 Å². The summed E-state index contributed by atoms with van der Waals surface area (Å²) in [5.74, 6) is -1.59. The molecule has 2 aromatic carbocycles. The predicted molar refractivity (Wildman–Crippen MR) is 92.2 cm³/mol. The average Bonchev–Trinajstić information content (AvgIpc) is 3.23. The molecule has 26 heavy (non-hydrogen) atoms. The molecule has 0 aliphatic heterocycles. The van der Waals surface area contributed by atoms with E-state index in [4.69, 9.17) is 14.4 Å². The zero-order valence-corrected chi connectivity index (χ0v) is 13.5. The van der Waals surface area contributed by atoms with Gasteiger partial charge in [-0.15, -0.1) is 0 Å². The van der Waals surface area contributed by atoms with Crippen LogP contribution in [0.1, 0.15) is 27.4 Å². The molecule has 0 saturated carbocycles. The summed E-state index contributed by atoms with van der Waals surface area (Å²) in [6, 6.07) is 16.0. The van der Waals surface area contributed by atoms with Gasteiger partial charge < -0.3 is 14.4 Å². The Morgan fingerprint density at radius 2 is 1.69 bits per heavy atom. The fourth-order valence-electron chi connectivity index (χ4n) is 3.21. The molecule has 7 heteroatoms. The number of carbonyl (C=O) groups is 2. The van der Waals surface area contributed by atoms with Gasteiger partial charge in [-0.05, 0) is 22.3 Å². The summed E-state index contributed by atoms with van der Waals surface area (Å²) < 4.78 is 10.1. The maximum absolute atomic E-state index is 12.1. The number of anilines is 1. The van der Waals surface area contributed by atoms with Crippen molar-refractivity contribution in [1.29, 1.82) is 0 Å². The fourth-order valence-corrected chi connectivity index (χ4v) is 3.21. The Hall–Kier alpha value is -3.61. The Labute approximate surface area is 148 Å². The van der Waals surface area contributed by atoms with Gasteiger partial charge in [0.05, 0.1) is 6.20 Å². The monoisotopic (exact) mass is 350 g/mol. The summed E-state index contributed by atoms with van der Waals surface area (Å²) in [4.78, 5) is 23.1. The Morgan fingerprint density at radius 1 is 1.08 bits per heavy atom. The van der Waals surface area contributed by atoms with E-state index in [1.54, 1.807) is 0 Å². The molecular formula is C19H14N2O5.